The molecule has 2 aliphatic rings. The normalized spacial score (nSPS) is 26.1. The summed E-state index contributed by atoms with van der Waals surface area (Å²) in [7, 11) is 0. The molecule has 0 aromatic heterocycles. The standard InChI is InChI=1S/C12H16O3/c13-9-5-2-6-11-10-14-12(15-11)7-3-1-4-8-12/h6,13H,1,3-4,7-10H2/b11-6+. The molecule has 0 aromatic rings. The van der Waals surface area contributed by atoms with Crippen molar-refractivity contribution >= 4 is 0 Å². The van der Waals surface area contributed by atoms with Gasteiger partial charge in [0, 0.05) is 18.9 Å². The third kappa shape index (κ3) is 2.53. The number of aliphatic hydroxyl groups is 1. The largest absolute Gasteiger partial charge is 0.464 e. The van der Waals surface area contributed by atoms with Crippen molar-refractivity contribution in [3.63, 3.8) is 0 Å². The molecule has 2 rings (SSSR count). The van der Waals surface area contributed by atoms with Gasteiger partial charge in [0.25, 0.3) is 0 Å². The van der Waals surface area contributed by atoms with Crippen LogP contribution in [0.5, 0.6) is 0 Å². The maximum atomic E-state index is 8.51. The van der Waals surface area contributed by atoms with Crippen molar-refractivity contribution in [2.24, 2.45) is 0 Å². The summed E-state index contributed by atoms with van der Waals surface area (Å²) < 4.78 is 11.5. The minimum absolute atomic E-state index is 0.115. The molecule has 1 N–H and O–H groups in total. The first kappa shape index (κ1) is 10.5. The molecular formula is C12H16O3. The van der Waals surface area contributed by atoms with E-state index in [-0.39, 0.29) is 12.4 Å². The average Bonchev–Trinajstić information content (AvgIpc) is 2.63. The van der Waals surface area contributed by atoms with Crippen molar-refractivity contribution in [1.29, 1.82) is 0 Å². The van der Waals surface area contributed by atoms with Gasteiger partial charge in [0.05, 0.1) is 0 Å². The summed E-state index contributed by atoms with van der Waals surface area (Å²) in [6.07, 6.45) is 7.29. The first-order valence-corrected chi connectivity index (χ1v) is 5.46. The predicted molar refractivity (Wildman–Crippen MR) is 55.8 cm³/mol. The Labute approximate surface area is 90.1 Å². The summed E-state index contributed by atoms with van der Waals surface area (Å²) in [6, 6.07) is 0. The second-order valence-electron chi connectivity index (χ2n) is 3.95. The summed E-state index contributed by atoms with van der Waals surface area (Å²) in [5.74, 6) is 5.73. The Morgan fingerprint density at radius 3 is 2.87 bits per heavy atom. The van der Waals surface area contributed by atoms with Crippen LogP contribution in [0.3, 0.4) is 0 Å². The van der Waals surface area contributed by atoms with Crippen LogP contribution in [0.4, 0.5) is 0 Å². The highest BCUT2D eigenvalue weighted by atomic mass is 16.7. The van der Waals surface area contributed by atoms with Gasteiger partial charge >= 0.3 is 0 Å². The molecule has 1 heterocycles. The maximum absolute atomic E-state index is 8.51. The monoisotopic (exact) mass is 208 g/mol. The molecule has 1 aliphatic carbocycles. The first-order chi connectivity index (χ1) is 7.35. The fourth-order valence-corrected chi connectivity index (χ4v) is 2.09. The van der Waals surface area contributed by atoms with E-state index in [0.29, 0.717) is 6.61 Å². The van der Waals surface area contributed by atoms with Gasteiger partial charge < -0.3 is 14.6 Å². The Balaban J connectivity index is 1.96. The zero-order valence-corrected chi connectivity index (χ0v) is 8.79. The molecule has 0 aromatic carbocycles. The van der Waals surface area contributed by atoms with Gasteiger partial charge in [0.2, 0.25) is 5.79 Å². The highest BCUT2D eigenvalue weighted by Gasteiger charge is 2.40. The van der Waals surface area contributed by atoms with Gasteiger partial charge in [-0.15, -0.1) is 0 Å². The average molecular weight is 208 g/mol. The number of hydrogen-bond acceptors (Lipinski definition) is 3. The van der Waals surface area contributed by atoms with Gasteiger partial charge in [0.15, 0.2) is 0 Å². The third-order valence-electron chi connectivity index (χ3n) is 2.82. The van der Waals surface area contributed by atoms with Crippen molar-refractivity contribution in [3.8, 4) is 11.8 Å². The molecule has 82 valence electrons. The molecule has 15 heavy (non-hydrogen) atoms. The third-order valence-corrected chi connectivity index (χ3v) is 2.82. The predicted octanol–water partition coefficient (Wildman–Crippen LogP) is 1.57. The lowest BCUT2D eigenvalue weighted by Gasteiger charge is -2.30. The van der Waals surface area contributed by atoms with Crippen molar-refractivity contribution in [1.82, 2.24) is 0 Å². The smallest absolute Gasteiger partial charge is 0.210 e. The molecule has 0 atom stereocenters. The molecule has 0 bridgehead atoms. The SMILES string of the molecule is OCC#C/C=C1\COC2(CCCCC2)O1. The Morgan fingerprint density at radius 2 is 2.13 bits per heavy atom. The van der Waals surface area contributed by atoms with Crippen molar-refractivity contribution < 1.29 is 14.6 Å². The first-order valence-electron chi connectivity index (χ1n) is 5.46. The second-order valence-corrected chi connectivity index (χ2v) is 3.95. The highest BCUT2D eigenvalue weighted by Crippen LogP contribution is 2.38. The maximum Gasteiger partial charge on any atom is 0.210 e. The number of allylic oxidation sites excluding steroid dienone is 1. The Morgan fingerprint density at radius 1 is 1.33 bits per heavy atom. The molecule has 0 radical (unpaired) electrons. The van der Waals surface area contributed by atoms with Crippen LogP contribution < -0.4 is 0 Å². The number of hydrogen-bond donors (Lipinski definition) is 1. The summed E-state index contributed by atoms with van der Waals surface area (Å²) in [6.45, 7) is 0.399. The van der Waals surface area contributed by atoms with Gasteiger partial charge in [-0.05, 0) is 12.8 Å². The van der Waals surface area contributed by atoms with E-state index in [0.717, 1.165) is 18.6 Å². The highest BCUT2D eigenvalue weighted by molar-refractivity contribution is 5.20. The summed E-state index contributed by atoms with van der Waals surface area (Å²) in [5, 5.41) is 8.51. The fourth-order valence-electron chi connectivity index (χ4n) is 2.09. The molecule has 1 aliphatic heterocycles. The van der Waals surface area contributed by atoms with Gasteiger partial charge in [-0.25, -0.2) is 0 Å². The summed E-state index contributed by atoms with van der Waals surface area (Å²) >= 11 is 0. The van der Waals surface area contributed by atoms with Gasteiger partial charge in [-0.1, -0.05) is 18.3 Å². The molecule has 3 heteroatoms. The lowest BCUT2D eigenvalue weighted by molar-refractivity contribution is -0.168. The van der Waals surface area contributed by atoms with E-state index in [4.69, 9.17) is 14.6 Å². The fraction of sp³-hybridized carbons (Fsp3) is 0.667. The number of rotatable bonds is 0. The quantitative estimate of drug-likeness (QED) is 0.614. The molecule has 1 saturated heterocycles. The van der Waals surface area contributed by atoms with E-state index in [1.165, 1.54) is 19.3 Å². The van der Waals surface area contributed by atoms with E-state index in [1.807, 2.05) is 0 Å². The van der Waals surface area contributed by atoms with E-state index in [2.05, 4.69) is 11.8 Å². The molecule has 3 nitrogen and oxygen atoms in total. The summed E-state index contributed by atoms with van der Waals surface area (Å²) in [4.78, 5) is 0. The van der Waals surface area contributed by atoms with E-state index in [1.54, 1.807) is 6.08 Å². The van der Waals surface area contributed by atoms with Crippen LogP contribution in [0.2, 0.25) is 0 Å². The number of ether oxygens (including phenoxy) is 2. The minimum atomic E-state index is -0.356. The zero-order chi connectivity index (χ0) is 10.6. The molecule has 0 unspecified atom stereocenters. The van der Waals surface area contributed by atoms with Crippen molar-refractivity contribution in [2.45, 2.75) is 37.9 Å². The van der Waals surface area contributed by atoms with E-state index in [9.17, 15) is 0 Å². The van der Waals surface area contributed by atoms with Crippen LogP contribution in [0.25, 0.3) is 0 Å². The van der Waals surface area contributed by atoms with Crippen LogP contribution in [-0.2, 0) is 9.47 Å². The molecule has 1 spiro atoms. The lowest BCUT2D eigenvalue weighted by Crippen LogP contribution is -2.32. The van der Waals surface area contributed by atoms with Crippen LogP contribution >= 0.6 is 0 Å². The van der Waals surface area contributed by atoms with E-state index < -0.39 is 0 Å². The molecule has 0 amide bonds. The lowest BCUT2D eigenvalue weighted by atomic mass is 9.94. The van der Waals surface area contributed by atoms with Gasteiger partial charge in [-0.3, -0.25) is 0 Å². The summed E-state index contributed by atoms with van der Waals surface area (Å²) in [5.41, 5.74) is 0. The number of aliphatic hydroxyl groups excluding tert-OH is 1. The van der Waals surface area contributed by atoms with Crippen molar-refractivity contribution in [2.75, 3.05) is 13.2 Å². The van der Waals surface area contributed by atoms with Crippen LogP contribution in [-0.4, -0.2) is 24.1 Å². The Kier molecular flexibility index (Phi) is 3.30. The zero-order valence-electron chi connectivity index (χ0n) is 8.79. The Bertz CT molecular complexity index is 303. The van der Waals surface area contributed by atoms with Crippen LogP contribution in [0, 0.1) is 11.8 Å². The van der Waals surface area contributed by atoms with Crippen LogP contribution in [0.15, 0.2) is 11.8 Å². The van der Waals surface area contributed by atoms with E-state index >= 15 is 0 Å². The molecule has 2 fully saturated rings. The van der Waals surface area contributed by atoms with Gasteiger partial charge in [-0.2, -0.15) is 0 Å². The van der Waals surface area contributed by atoms with Gasteiger partial charge in [0.1, 0.15) is 19.0 Å². The van der Waals surface area contributed by atoms with Crippen LogP contribution in [0.1, 0.15) is 32.1 Å². The van der Waals surface area contributed by atoms with Crippen molar-refractivity contribution in [3.05, 3.63) is 11.8 Å². The molecular weight excluding hydrogens is 192 g/mol. The second kappa shape index (κ2) is 4.69. The Hall–Kier alpha value is -0.980. The molecule has 1 saturated carbocycles. The topological polar surface area (TPSA) is 38.7 Å². The minimum Gasteiger partial charge on any atom is -0.464 e.